The lowest BCUT2D eigenvalue weighted by Crippen LogP contribution is -2.30. The van der Waals surface area contributed by atoms with E-state index in [1.165, 1.54) is 25.3 Å². The van der Waals surface area contributed by atoms with Crippen molar-refractivity contribution in [3.8, 4) is 11.9 Å². The number of rotatable bonds is 5. The van der Waals surface area contributed by atoms with E-state index < -0.39 is 49.5 Å². The number of sulfone groups is 1. The fourth-order valence-electron chi connectivity index (χ4n) is 2.83. The van der Waals surface area contributed by atoms with Crippen molar-refractivity contribution >= 4 is 15.7 Å². The summed E-state index contributed by atoms with van der Waals surface area (Å²) in [6, 6.07) is 3.85. The molecule has 0 spiro atoms. The van der Waals surface area contributed by atoms with Crippen molar-refractivity contribution in [1.29, 1.82) is 5.26 Å². The minimum atomic E-state index is -6.17. The van der Waals surface area contributed by atoms with Crippen molar-refractivity contribution in [3.05, 3.63) is 65.4 Å². The van der Waals surface area contributed by atoms with Gasteiger partial charge in [0.15, 0.2) is 11.6 Å². The summed E-state index contributed by atoms with van der Waals surface area (Å²) in [5.41, 5.74) is -8.38. The standard InChI is InChI=1S/C19H12F6N6O3S/c1-10(16-28-9-29-31(16)15-3-2-11(7-26)8-27-15)30-17(32)12-4-13(18(20,21)22)6-14(5-12)35(33,34)19(23,24)25/h2-6,8-10H,1H3,(H,30,32)/t10-/m0/s1. The molecule has 0 saturated heterocycles. The van der Waals surface area contributed by atoms with Gasteiger partial charge in [-0.25, -0.2) is 18.4 Å². The summed E-state index contributed by atoms with van der Waals surface area (Å²) in [7, 11) is -6.17. The van der Waals surface area contributed by atoms with Crippen LogP contribution in [-0.4, -0.2) is 39.6 Å². The highest BCUT2D eigenvalue weighted by Crippen LogP contribution is 2.36. The van der Waals surface area contributed by atoms with Crippen LogP contribution in [0, 0.1) is 11.3 Å². The third-order valence-corrected chi connectivity index (χ3v) is 5.98. The number of hydrogen-bond acceptors (Lipinski definition) is 7. The van der Waals surface area contributed by atoms with E-state index in [1.54, 1.807) is 0 Å². The maximum Gasteiger partial charge on any atom is 0.501 e. The number of pyridine rings is 1. The van der Waals surface area contributed by atoms with Crippen molar-refractivity contribution in [2.45, 2.75) is 29.5 Å². The molecule has 1 aromatic carbocycles. The van der Waals surface area contributed by atoms with E-state index in [0.29, 0.717) is 0 Å². The molecule has 9 nitrogen and oxygen atoms in total. The highest BCUT2D eigenvalue weighted by molar-refractivity contribution is 7.92. The molecule has 0 saturated carbocycles. The molecule has 0 radical (unpaired) electrons. The quantitative estimate of drug-likeness (QED) is 0.513. The van der Waals surface area contributed by atoms with E-state index >= 15 is 0 Å². The second-order valence-corrected chi connectivity index (χ2v) is 8.88. The van der Waals surface area contributed by atoms with Gasteiger partial charge in [-0.3, -0.25) is 4.79 Å². The summed E-state index contributed by atoms with van der Waals surface area (Å²) in [6.45, 7) is 1.35. The van der Waals surface area contributed by atoms with Gasteiger partial charge < -0.3 is 5.32 Å². The molecular formula is C19H12F6N6O3S. The summed E-state index contributed by atoms with van der Waals surface area (Å²) >= 11 is 0. The molecule has 2 aromatic heterocycles. The van der Waals surface area contributed by atoms with E-state index in [9.17, 15) is 39.6 Å². The third kappa shape index (κ3) is 5.24. The Morgan fingerprint density at radius 2 is 1.80 bits per heavy atom. The lowest BCUT2D eigenvalue weighted by Gasteiger charge is -2.17. The van der Waals surface area contributed by atoms with Gasteiger partial charge in [-0.05, 0) is 37.3 Å². The van der Waals surface area contributed by atoms with Gasteiger partial charge in [0.2, 0.25) is 0 Å². The number of hydrogen-bond donors (Lipinski definition) is 1. The molecule has 1 N–H and O–H groups in total. The van der Waals surface area contributed by atoms with Crippen LogP contribution in [0.15, 0.2) is 47.8 Å². The molecule has 0 aliphatic rings. The van der Waals surface area contributed by atoms with Crippen molar-refractivity contribution < 1.29 is 39.6 Å². The predicted molar refractivity (Wildman–Crippen MR) is 104 cm³/mol. The summed E-state index contributed by atoms with van der Waals surface area (Å²) in [5.74, 6) is -1.09. The Hall–Kier alpha value is -4.00. The Kier molecular flexibility index (Phi) is 6.57. The van der Waals surface area contributed by atoms with Crippen LogP contribution in [0.2, 0.25) is 0 Å². The van der Waals surface area contributed by atoms with Crippen LogP contribution < -0.4 is 5.32 Å². The van der Waals surface area contributed by atoms with Crippen LogP contribution in [0.1, 0.15) is 40.3 Å². The van der Waals surface area contributed by atoms with Crippen LogP contribution in [0.4, 0.5) is 26.3 Å². The SMILES string of the molecule is C[C@H](NC(=O)c1cc(C(F)(F)F)cc(S(=O)(=O)C(F)(F)F)c1)c1ncnn1-c1ccc(C#N)cn1. The topological polar surface area (TPSA) is 131 Å². The van der Waals surface area contributed by atoms with Gasteiger partial charge in [0.25, 0.3) is 15.7 Å². The zero-order valence-electron chi connectivity index (χ0n) is 17.3. The number of alkyl halides is 6. The molecule has 184 valence electrons. The number of nitrogens with zero attached hydrogens (tertiary/aromatic N) is 5. The number of carbonyl (C=O) groups is 1. The minimum Gasteiger partial charge on any atom is -0.342 e. The van der Waals surface area contributed by atoms with Crippen molar-refractivity contribution in [2.75, 3.05) is 0 Å². The van der Waals surface area contributed by atoms with Gasteiger partial charge in [-0.2, -0.15) is 41.4 Å². The van der Waals surface area contributed by atoms with E-state index in [0.717, 1.165) is 11.0 Å². The molecule has 1 atom stereocenters. The van der Waals surface area contributed by atoms with Crippen LogP contribution in [0.5, 0.6) is 0 Å². The van der Waals surface area contributed by atoms with E-state index in [4.69, 9.17) is 5.26 Å². The van der Waals surface area contributed by atoms with Crippen molar-refractivity contribution in [2.24, 2.45) is 0 Å². The molecule has 16 heteroatoms. The van der Waals surface area contributed by atoms with E-state index in [1.807, 2.05) is 6.07 Å². The number of nitrogens with one attached hydrogen (secondary N) is 1. The number of aromatic nitrogens is 4. The maximum atomic E-state index is 13.2. The number of nitriles is 1. The molecule has 3 rings (SSSR count). The van der Waals surface area contributed by atoms with Gasteiger partial charge >= 0.3 is 11.7 Å². The molecule has 3 aromatic rings. The molecule has 0 aliphatic carbocycles. The van der Waals surface area contributed by atoms with Crippen LogP contribution >= 0.6 is 0 Å². The van der Waals surface area contributed by atoms with Gasteiger partial charge in [0, 0.05) is 11.8 Å². The number of amides is 1. The Morgan fingerprint density at radius 3 is 2.34 bits per heavy atom. The second-order valence-electron chi connectivity index (χ2n) is 6.94. The van der Waals surface area contributed by atoms with E-state index in [-0.39, 0.29) is 35.4 Å². The van der Waals surface area contributed by atoms with E-state index in [2.05, 4.69) is 20.4 Å². The fraction of sp³-hybridized carbons (Fsp3) is 0.211. The molecule has 0 bridgehead atoms. The molecule has 2 heterocycles. The molecular weight excluding hydrogens is 506 g/mol. The largest absolute Gasteiger partial charge is 0.501 e. The smallest absolute Gasteiger partial charge is 0.342 e. The summed E-state index contributed by atoms with van der Waals surface area (Å²) in [4.78, 5) is 18.8. The van der Waals surface area contributed by atoms with Crippen LogP contribution in [0.25, 0.3) is 5.82 Å². The first-order chi connectivity index (χ1) is 16.1. The first-order valence-corrected chi connectivity index (χ1v) is 10.7. The summed E-state index contributed by atoms with van der Waals surface area (Å²) in [5, 5.41) is 15.0. The maximum absolute atomic E-state index is 13.2. The molecule has 1 amide bonds. The number of benzene rings is 1. The van der Waals surface area contributed by atoms with Gasteiger partial charge in [0.05, 0.1) is 22.1 Å². The number of carbonyl (C=O) groups excluding carboxylic acids is 1. The Morgan fingerprint density at radius 1 is 1.11 bits per heavy atom. The Bertz CT molecular complexity index is 1410. The average Bonchev–Trinajstić information content (AvgIpc) is 3.27. The zero-order chi connectivity index (χ0) is 26.2. The van der Waals surface area contributed by atoms with Crippen molar-refractivity contribution in [1.82, 2.24) is 25.1 Å². The monoisotopic (exact) mass is 518 g/mol. The lowest BCUT2D eigenvalue weighted by molar-refractivity contribution is -0.137. The van der Waals surface area contributed by atoms with Crippen molar-refractivity contribution in [3.63, 3.8) is 0 Å². The molecule has 0 aliphatic heterocycles. The second kappa shape index (κ2) is 8.98. The zero-order valence-corrected chi connectivity index (χ0v) is 18.1. The fourth-order valence-corrected chi connectivity index (χ4v) is 3.66. The molecule has 0 fully saturated rings. The average molecular weight is 518 g/mol. The highest BCUT2D eigenvalue weighted by Gasteiger charge is 2.48. The Labute approximate surface area is 193 Å². The third-order valence-electron chi connectivity index (χ3n) is 4.51. The van der Waals surface area contributed by atoms with Gasteiger partial charge in [0.1, 0.15) is 12.4 Å². The molecule has 0 unspecified atom stereocenters. The first-order valence-electron chi connectivity index (χ1n) is 9.26. The van der Waals surface area contributed by atoms with Crippen LogP contribution in [0.3, 0.4) is 0 Å². The van der Waals surface area contributed by atoms with Gasteiger partial charge in [-0.15, -0.1) is 0 Å². The summed E-state index contributed by atoms with van der Waals surface area (Å²) in [6.07, 6.45) is -2.93. The van der Waals surface area contributed by atoms with Gasteiger partial charge in [-0.1, -0.05) is 0 Å². The highest BCUT2D eigenvalue weighted by atomic mass is 32.2. The molecule has 35 heavy (non-hydrogen) atoms. The lowest BCUT2D eigenvalue weighted by atomic mass is 10.1. The van der Waals surface area contributed by atoms with Crippen LogP contribution in [-0.2, 0) is 16.0 Å². The first kappa shape index (κ1) is 25.6. The Balaban J connectivity index is 1.97. The number of halogens is 6. The normalized spacial score (nSPS) is 13.2. The predicted octanol–water partition coefficient (Wildman–Crippen LogP) is 3.34. The summed E-state index contributed by atoms with van der Waals surface area (Å²) < 4.78 is 103. The minimum absolute atomic E-state index is 0.0330.